The molecule has 0 radical (unpaired) electrons. The molecule has 2 saturated carbocycles. The van der Waals surface area contributed by atoms with Gasteiger partial charge < -0.3 is 4.90 Å². The standard InChI is InChI=1S/C17H28N4O3S2/c1-12-7-9-14(10-8-12)21(13-5-3-2-4-6-13)17(22)20-16-19-11-15(25-16)26(18,23)24/h11-14H,2-10H2,1H3,(H2,18,23,24)(H,19,20,22). The summed E-state index contributed by atoms with van der Waals surface area (Å²) in [4.78, 5) is 19.1. The number of sulfonamides is 1. The normalized spacial score (nSPS) is 25.0. The van der Waals surface area contributed by atoms with Gasteiger partial charge in [0.2, 0.25) is 10.0 Å². The Labute approximate surface area is 159 Å². The number of nitrogens with two attached hydrogens (primary N) is 1. The van der Waals surface area contributed by atoms with Crippen molar-refractivity contribution in [3.05, 3.63) is 6.20 Å². The predicted octanol–water partition coefficient (Wildman–Crippen LogP) is 3.54. The minimum absolute atomic E-state index is 0.0384. The molecule has 0 bridgehead atoms. The topological polar surface area (TPSA) is 105 Å². The zero-order chi connectivity index (χ0) is 18.7. The van der Waals surface area contributed by atoms with E-state index in [0.29, 0.717) is 0 Å². The molecule has 0 unspecified atom stereocenters. The number of nitrogens with one attached hydrogen (secondary N) is 1. The van der Waals surface area contributed by atoms with Crippen molar-refractivity contribution in [2.45, 2.75) is 81.0 Å². The molecule has 9 heteroatoms. The number of urea groups is 1. The van der Waals surface area contributed by atoms with E-state index in [-0.39, 0.29) is 27.5 Å². The lowest BCUT2D eigenvalue weighted by atomic mass is 9.84. The summed E-state index contributed by atoms with van der Waals surface area (Å²) in [5.41, 5.74) is 0. The lowest BCUT2D eigenvalue weighted by molar-refractivity contribution is 0.105. The number of primary sulfonamides is 1. The smallest absolute Gasteiger partial charge is 0.319 e. The van der Waals surface area contributed by atoms with Crippen molar-refractivity contribution in [3.63, 3.8) is 0 Å². The average molecular weight is 401 g/mol. The molecule has 0 atom stereocenters. The monoisotopic (exact) mass is 400 g/mol. The molecular formula is C17H28N4O3S2. The number of carbonyl (C=O) groups excluding carboxylic acids is 1. The molecule has 1 aromatic heterocycles. The van der Waals surface area contributed by atoms with Crippen molar-refractivity contribution in [3.8, 4) is 0 Å². The van der Waals surface area contributed by atoms with E-state index < -0.39 is 10.0 Å². The third-order valence-corrected chi connectivity index (χ3v) is 7.88. The Morgan fingerprint density at radius 2 is 1.77 bits per heavy atom. The van der Waals surface area contributed by atoms with Gasteiger partial charge in [0.15, 0.2) is 9.34 Å². The van der Waals surface area contributed by atoms with Gasteiger partial charge in [-0.25, -0.2) is 23.3 Å². The van der Waals surface area contributed by atoms with Crippen molar-refractivity contribution in [2.24, 2.45) is 11.1 Å². The maximum Gasteiger partial charge on any atom is 0.324 e. The van der Waals surface area contributed by atoms with E-state index in [0.717, 1.165) is 68.6 Å². The molecule has 146 valence electrons. The highest BCUT2D eigenvalue weighted by Crippen LogP contribution is 2.33. The lowest BCUT2D eigenvalue weighted by Crippen LogP contribution is -2.51. The summed E-state index contributed by atoms with van der Waals surface area (Å²) in [6.07, 6.45) is 11.2. The molecule has 0 aliphatic heterocycles. The predicted molar refractivity (Wildman–Crippen MR) is 103 cm³/mol. The van der Waals surface area contributed by atoms with E-state index in [1.165, 1.54) is 12.6 Å². The number of hydrogen-bond donors (Lipinski definition) is 2. The molecule has 1 heterocycles. The zero-order valence-corrected chi connectivity index (χ0v) is 16.8. The molecule has 1 aromatic rings. The Morgan fingerprint density at radius 1 is 1.15 bits per heavy atom. The van der Waals surface area contributed by atoms with Gasteiger partial charge >= 0.3 is 6.03 Å². The fraction of sp³-hybridized carbons (Fsp3) is 0.765. The number of hydrogen-bond acceptors (Lipinski definition) is 5. The van der Waals surface area contributed by atoms with Gasteiger partial charge in [-0.1, -0.05) is 37.5 Å². The Bertz CT molecular complexity index is 720. The molecule has 7 nitrogen and oxygen atoms in total. The highest BCUT2D eigenvalue weighted by atomic mass is 32.2. The van der Waals surface area contributed by atoms with Crippen LogP contribution >= 0.6 is 11.3 Å². The van der Waals surface area contributed by atoms with E-state index in [9.17, 15) is 13.2 Å². The van der Waals surface area contributed by atoms with Crippen LogP contribution in [0.25, 0.3) is 0 Å². The summed E-state index contributed by atoms with van der Waals surface area (Å²) < 4.78 is 22.8. The van der Waals surface area contributed by atoms with Crippen LogP contribution in [0.2, 0.25) is 0 Å². The molecule has 3 N–H and O–H groups in total. The minimum atomic E-state index is -3.79. The molecule has 0 saturated heterocycles. The van der Waals surface area contributed by atoms with Crippen LogP contribution in [0, 0.1) is 5.92 Å². The Kier molecular flexibility index (Phi) is 6.19. The minimum Gasteiger partial charge on any atom is -0.319 e. The van der Waals surface area contributed by atoms with E-state index in [2.05, 4.69) is 17.2 Å². The first-order valence-electron chi connectivity index (χ1n) is 9.42. The number of aromatic nitrogens is 1. The SMILES string of the molecule is CC1CCC(N(C(=O)Nc2ncc(S(N)(=O)=O)s2)C2CCCCC2)CC1. The summed E-state index contributed by atoms with van der Waals surface area (Å²) in [6, 6.07) is 0.360. The first kappa shape index (κ1) is 19.6. The first-order chi connectivity index (χ1) is 12.3. The summed E-state index contributed by atoms with van der Waals surface area (Å²) >= 11 is 0.897. The molecule has 2 aliphatic carbocycles. The van der Waals surface area contributed by atoms with Crippen LogP contribution in [-0.4, -0.2) is 36.4 Å². The fourth-order valence-corrected chi connectivity index (χ4v) is 5.56. The molecule has 0 spiro atoms. The Hall–Kier alpha value is -1.19. The van der Waals surface area contributed by atoms with Gasteiger partial charge in [0, 0.05) is 12.1 Å². The largest absolute Gasteiger partial charge is 0.324 e. The zero-order valence-electron chi connectivity index (χ0n) is 15.2. The van der Waals surface area contributed by atoms with Crippen LogP contribution in [0.1, 0.15) is 64.7 Å². The number of carbonyl (C=O) groups is 1. The highest BCUT2D eigenvalue weighted by Gasteiger charge is 2.34. The van der Waals surface area contributed by atoms with Gasteiger partial charge in [0.1, 0.15) is 0 Å². The van der Waals surface area contributed by atoms with E-state index in [4.69, 9.17) is 5.14 Å². The van der Waals surface area contributed by atoms with Gasteiger partial charge in [0.25, 0.3) is 0 Å². The lowest BCUT2D eigenvalue weighted by Gasteiger charge is -2.42. The van der Waals surface area contributed by atoms with Gasteiger partial charge in [-0.15, -0.1) is 0 Å². The van der Waals surface area contributed by atoms with Crippen LogP contribution in [0.3, 0.4) is 0 Å². The molecule has 2 amide bonds. The van der Waals surface area contributed by atoms with E-state index >= 15 is 0 Å². The summed E-state index contributed by atoms with van der Waals surface area (Å²) in [7, 11) is -3.79. The second kappa shape index (κ2) is 8.22. The van der Waals surface area contributed by atoms with Gasteiger partial charge in [-0.3, -0.25) is 5.32 Å². The molecular weight excluding hydrogens is 372 g/mol. The van der Waals surface area contributed by atoms with Gasteiger partial charge in [-0.2, -0.15) is 0 Å². The van der Waals surface area contributed by atoms with Crippen LogP contribution in [-0.2, 0) is 10.0 Å². The number of rotatable bonds is 4. The van der Waals surface area contributed by atoms with Crippen molar-refractivity contribution in [1.29, 1.82) is 0 Å². The van der Waals surface area contributed by atoms with Crippen LogP contribution < -0.4 is 10.5 Å². The second-order valence-corrected chi connectivity index (χ2v) is 10.4. The number of amides is 2. The quantitative estimate of drug-likeness (QED) is 0.806. The van der Waals surface area contributed by atoms with Crippen LogP contribution in [0.5, 0.6) is 0 Å². The van der Waals surface area contributed by atoms with Crippen molar-refractivity contribution in [2.75, 3.05) is 5.32 Å². The van der Waals surface area contributed by atoms with E-state index in [1.54, 1.807) is 0 Å². The van der Waals surface area contributed by atoms with Crippen molar-refractivity contribution in [1.82, 2.24) is 9.88 Å². The third kappa shape index (κ3) is 4.75. The Morgan fingerprint density at radius 3 is 2.35 bits per heavy atom. The molecule has 26 heavy (non-hydrogen) atoms. The molecule has 2 fully saturated rings. The number of thiazole rings is 1. The summed E-state index contributed by atoms with van der Waals surface area (Å²) in [6.45, 7) is 2.27. The molecule has 2 aliphatic rings. The van der Waals surface area contributed by atoms with Crippen molar-refractivity contribution >= 4 is 32.5 Å². The summed E-state index contributed by atoms with van der Waals surface area (Å²) in [5.74, 6) is 0.721. The highest BCUT2D eigenvalue weighted by molar-refractivity contribution is 7.91. The third-order valence-electron chi connectivity index (χ3n) is 5.56. The van der Waals surface area contributed by atoms with E-state index in [1.807, 2.05) is 4.90 Å². The fourth-order valence-electron chi connectivity index (χ4n) is 4.11. The van der Waals surface area contributed by atoms with Gasteiger partial charge in [0.05, 0.1) is 6.20 Å². The van der Waals surface area contributed by atoms with Crippen molar-refractivity contribution < 1.29 is 13.2 Å². The molecule has 0 aromatic carbocycles. The average Bonchev–Trinajstić information content (AvgIpc) is 3.07. The van der Waals surface area contributed by atoms with Crippen LogP contribution in [0.4, 0.5) is 9.93 Å². The first-order valence-corrected chi connectivity index (χ1v) is 11.8. The number of anilines is 1. The Balaban J connectivity index is 1.74. The maximum absolute atomic E-state index is 13.1. The van der Waals surface area contributed by atoms with Crippen LogP contribution in [0.15, 0.2) is 10.4 Å². The van der Waals surface area contributed by atoms with Gasteiger partial charge in [-0.05, 0) is 44.4 Å². The maximum atomic E-state index is 13.1. The summed E-state index contributed by atoms with van der Waals surface area (Å²) in [5, 5.41) is 8.22. The number of nitrogens with zero attached hydrogens (tertiary/aromatic N) is 2. The molecule has 3 rings (SSSR count). The second-order valence-electron chi connectivity index (χ2n) is 7.57.